The summed E-state index contributed by atoms with van der Waals surface area (Å²) in [5.41, 5.74) is -0.547. The SMILES string of the molecule is C=C[C@]1(C(=O)Nc2ccccc2)C[C@@H](C#N)N(C(=O)[C@H](CC(C)C)N(C)C(=O)C(=O)C2CC2)C1. The molecular formula is C26H32N4O4. The predicted octanol–water partition coefficient (Wildman–Crippen LogP) is 2.77. The summed E-state index contributed by atoms with van der Waals surface area (Å²) in [6.07, 6.45) is 3.33. The van der Waals surface area contributed by atoms with E-state index in [-0.39, 0.29) is 30.7 Å². The molecule has 180 valence electrons. The van der Waals surface area contributed by atoms with E-state index in [9.17, 15) is 24.4 Å². The van der Waals surface area contributed by atoms with Crippen LogP contribution in [0.4, 0.5) is 5.69 Å². The average molecular weight is 465 g/mol. The summed E-state index contributed by atoms with van der Waals surface area (Å²) in [6.45, 7) is 7.65. The number of nitrogens with one attached hydrogen (secondary N) is 1. The van der Waals surface area contributed by atoms with Crippen molar-refractivity contribution in [2.75, 3.05) is 18.9 Å². The molecule has 1 saturated heterocycles. The van der Waals surface area contributed by atoms with Crippen molar-refractivity contribution in [3.05, 3.63) is 43.0 Å². The Morgan fingerprint density at radius 1 is 1.26 bits per heavy atom. The van der Waals surface area contributed by atoms with E-state index in [1.54, 1.807) is 24.3 Å². The third kappa shape index (κ3) is 5.19. The summed E-state index contributed by atoms with van der Waals surface area (Å²) in [4.78, 5) is 54.6. The molecule has 2 aliphatic rings. The highest BCUT2D eigenvalue weighted by molar-refractivity contribution is 6.37. The minimum absolute atomic E-state index is 0.0283. The number of para-hydroxylation sites is 1. The molecule has 0 spiro atoms. The number of amides is 3. The van der Waals surface area contributed by atoms with Crippen LogP contribution in [0.25, 0.3) is 0 Å². The fraction of sp³-hybridized carbons (Fsp3) is 0.500. The van der Waals surface area contributed by atoms with Crippen LogP contribution in [0.2, 0.25) is 0 Å². The quantitative estimate of drug-likeness (QED) is 0.446. The maximum Gasteiger partial charge on any atom is 0.290 e. The maximum atomic E-state index is 13.7. The number of hydrogen-bond acceptors (Lipinski definition) is 5. The van der Waals surface area contributed by atoms with Crippen LogP contribution in [0.3, 0.4) is 0 Å². The lowest BCUT2D eigenvalue weighted by Gasteiger charge is -2.33. The van der Waals surface area contributed by atoms with E-state index in [4.69, 9.17) is 0 Å². The summed E-state index contributed by atoms with van der Waals surface area (Å²) < 4.78 is 0. The van der Waals surface area contributed by atoms with Gasteiger partial charge in [0.1, 0.15) is 12.1 Å². The van der Waals surface area contributed by atoms with Gasteiger partial charge in [0.15, 0.2) is 0 Å². The van der Waals surface area contributed by atoms with Crippen LogP contribution in [-0.2, 0) is 19.2 Å². The Bertz CT molecular complexity index is 1010. The third-order valence-electron chi connectivity index (χ3n) is 6.62. The molecule has 0 radical (unpaired) electrons. The Labute approximate surface area is 200 Å². The van der Waals surface area contributed by atoms with Crippen LogP contribution < -0.4 is 5.32 Å². The van der Waals surface area contributed by atoms with E-state index >= 15 is 0 Å². The smallest absolute Gasteiger partial charge is 0.290 e. The first-order valence-electron chi connectivity index (χ1n) is 11.6. The number of likely N-dealkylation sites (N-methyl/N-ethyl adjacent to an activating group) is 1. The lowest BCUT2D eigenvalue weighted by atomic mass is 9.84. The van der Waals surface area contributed by atoms with Crippen molar-refractivity contribution in [1.29, 1.82) is 5.26 Å². The van der Waals surface area contributed by atoms with Crippen molar-refractivity contribution < 1.29 is 19.2 Å². The predicted molar refractivity (Wildman–Crippen MR) is 127 cm³/mol. The van der Waals surface area contributed by atoms with Gasteiger partial charge in [-0.2, -0.15) is 5.26 Å². The van der Waals surface area contributed by atoms with Crippen molar-refractivity contribution in [3.63, 3.8) is 0 Å². The number of rotatable bonds is 9. The fourth-order valence-corrected chi connectivity index (χ4v) is 4.36. The highest BCUT2D eigenvalue weighted by atomic mass is 16.2. The van der Waals surface area contributed by atoms with E-state index in [1.165, 1.54) is 22.9 Å². The number of carbonyl (C=O) groups excluding carboxylic acids is 4. The first-order valence-corrected chi connectivity index (χ1v) is 11.6. The number of hydrogen-bond donors (Lipinski definition) is 1. The molecule has 0 bridgehead atoms. The molecule has 1 aliphatic carbocycles. The summed E-state index contributed by atoms with van der Waals surface area (Å²) in [7, 11) is 1.47. The summed E-state index contributed by atoms with van der Waals surface area (Å²) >= 11 is 0. The Hall–Kier alpha value is -3.47. The minimum Gasteiger partial charge on any atom is -0.327 e. The van der Waals surface area contributed by atoms with Crippen LogP contribution in [0.1, 0.15) is 39.5 Å². The van der Waals surface area contributed by atoms with E-state index in [2.05, 4.69) is 18.0 Å². The molecule has 8 heteroatoms. The molecule has 0 aromatic heterocycles. The van der Waals surface area contributed by atoms with E-state index in [0.29, 0.717) is 24.9 Å². The van der Waals surface area contributed by atoms with Crippen LogP contribution in [0.5, 0.6) is 0 Å². The van der Waals surface area contributed by atoms with Crippen LogP contribution in [0.15, 0.2) is 43.0 Å². The first-order chi connectivity index (χ1) is 16.1. The topological polar surface area (TPSA) is 111 Å². The molecule has 34 heavy (non-hydrogen) atoms. The zero-order chi connectivity index (χ0) is 25.0. The fourth-order valence-electron chi connectivity index (χ4n) is 4.36. The number of likely N-dealkylation sites (tertiary alicyclic amines) is 1. The second kappa shape index (κ2) is 10.2. The molecule has 1 saturated carbocycles. The van der Waals surface area contributed by atoms with Gasteiger partial charge in [0.2, 0.25) is 17.6 Å². The summed E-state index contributed by atoms with van der Waals surface area (Å²) in [5.74, 6) is -2.11. The van der Waals surface area contributed by atoms with Crippen molar-refractivity contribution in [1.82, 2.24) is 9.80 Å². The molecule has 1 N–H and O–H groups in total. The van der Waals surface area contributed by atoms with Crippen LogP contribution in [0, 0.1) is 28.6 Å². The molecule has 1 heterocycles. The Morgan fingerprint density at radius 2 is 1.91 bits per heavy atom. The molecule has 8 nitrogen and oxygen atoms in total. The van der Waals surface area contributed by atoms with Gasteiger partial charge in [-0.25, -0.2) is 0 Å². The highest BCUT2D eigenvalue weighted by Crippen LogP contribution is 2.38. The van der Waals surface area contributed by atoms with Gasteiger partial charge < -0.3 is 15.1 Å². The number of nitriles is 1. The van der Waals surface area contributed by atoms with Crippen molar-refractivity contribution in [2.45, 2.75) is 51.6 Å². The summed E-state index contributed by atoms with van der Waals surface area (Å²) in [6, 6.07) is 9.32. The zero-order valence-electron chi connectivity index (χ0n) is 20.0. The van der Waals surface area contributed by atoms with Crippen molar-refractivity contribution in [2.24, 2.45) is 17.3 Å². The van der Waals surface area contributed by atoms with Gasteiger partial charge in [0, 0.05) is 31.6 Å². The number of Topliss-reactive ketones (excluding diaryl/α,β-unsaturated/α-hetero) is 1. The molecule has 3 rings (SSSR count). The van der Waals surface area contributed by atoms with E-state index in [0.717, 1.165) is 0 Å². The molecule has 3 atom stereocenters. The summed E-state index contributed by atoms with van der Waals surface area (Å²) in [5, 5.41) is 12.7. The lowest BCUT2D eigenvalue weighted by Crippen LogP contribution is -2.53. The van der Waals surface area contributed by atoms with Crippen LogP contribution in [-0.4, -0.2) is 59.0 Å². The molecule has 1 aromatic rings. The minimum atomic E-state index is -1.15. The maximum absolute atomic E-state index is 13.7. The average Bonchev–Trinajstić information content (AvgIpc) is 3.61. The monoisotopic (exact) mass is 464 g/mol. The zero-order valence-corrected chi connectivity index (χ0v) is 20.0. The molecule has 1 aliphatic heterocycles. The molecule has 2 fully saturated rings. The van der Waals surface area contributed by atoms with Gasteiger partial charge in [-0.3, -0.25) is 19.2 Å². The lowest BCUT2D eigenvalue weighted by molar-refractivity contribution is -0.151. The number of ketones is 1. The normalized spacial score (nSPS) is 22.6. The molecular weight excluding hydrogens is 432 g/mol. The van der Waals surface area contributed by atoms with Crippen LogP contribution >= 0.6 is 0 Å². The second-order valence-corrected chi connectivity index (χ2v) is 9.70. The number of benzene rings is 1. The molecule has 3 amide bonds. The Balaban J connectivity index is 1.84. The first kappa shape index (κ1) is 25.2. The standard InChI is InChI=1S/C26H32N4O4/c1-5-26(25(34)28-19-9-7-6-8-10-19)14-20(15-27)30(16-26)23(32)21(13-17(2)3)29(4)24(33)22(31)18-11-12-18/h5-10,17-18,20-21H,1,11-14,16H2,2-4H3,(H,28,34)/t20-,21-,26-/m0/s1. The number of nitrogens with zero attached hydrogens (tertiary/aromatic N) is 3. The van der Waals surface area contributed by atoms with Gasteiger partial charge in [0.05, 0.1) is 11.5 Å². The second-order valence-electron chi connectivity index (χ2n) is 9.70. The van der Waals surface area contributed by atoms with E-state index < -0.39 is 35.1 Å². The van der Waals surface area contributed by atoms with Gasteiger partial charge in [-0.1, -0.05) is 38.1 Å². The van der Waals surface area contributed by atoms with Crippen molar-refractivity contribution >= 4 is 29.2 Å². The van der Waals surface area contributed by atoms with E-state index in [1.807, 2.05) is 19.9 Å². The highest BCUT2D eigenvalue weighted by Gasteiger charge is 2.51. The van der Waals surface area contributed by atoms with Gasteiger partial charge in [-0.15, -0.1) is 6.58 Å². The van der Waals surface area contributed by atoms with Crippen molar-refractivity contribution in [3.8, 4) is 6.07 Å². The third-order valence-corrected chi connectivity index (χ3v) is 6.62. The molecule has 1 aromatic carbocycles. The number of anilines is 1. The Morgan fingerprint density at radius 3 is 2.44 bits per heavy atom. The largest absolute Gasteiger partial charge is 0.327 e. The van der Waals surface area contributed by atoms with Gasteiger partial charge >= 0.3 is 0 Å². The Kier molecular flexibility index (Phi) is 7.55. The number of carbonyl (C=O) groups is 4. The van der Waals surface area contributed by atoms with Gasteiger partial charge in [0.25, 0.3) is 5.91 Å². The van der Waals surface area contributed by atoms with Gasteiger partial charge in [-0.05, 0) is 37.3 Å². The molecule has 0 unspecified atom stereocenters.